The molecule has 0 saturated carbocycles. The second-order valence-corrected chi connectivity index (χ2v) is 11.7. The van der Waals surface area contributed by atoms with E-state index in [1.165, 1.54) is 0 Å². The third kappa shape index (κ3) is 5.09. The Kier molecular flexibility index (Phi) is 7.65. The maximum Gasteiger partial charge on any atom is 0.232 e. The van der Waals surface area contributed by atoms with Crippen LogP contribution in [0.5, 0.6) is 0 Å². The number of anilines is 1. The highest BCUT2D eigenvalue weighted by Crippen LogP contribution is 2.43. The van der Waals surface area contributed by atoms with Gasteiger partial charge in [-0.1, -0.05) is 13.0 Å². The maximum absolute atomic E-state index is 13.7. The minimum Gasteiger partial charge on any atom is -0.387 e. The van der Waals surface area contributed by atoms with Crippen molar-refractivity contribution in [2.24, 2.45) is 5.92 Å². The number of halogens is 1. The van der Waals surface area contributed by atoms with E-state index in [1.807, 2.05) is 4.90 Å². The van der Waals surface area contributed by atoms with Crippen LogP contribution in [-0.4, -0.2) is 82.6 Å². The Morgan fingerprint density at radius 3 is 2.76 bits per heavy atom. The van der Waals surface area contributed by atoms with E-state index in [0.717, 1.165) is 67.5 Å². The molecule has 1 aromatic rings. The van der Waals surface area contributed by atoms with Gasteiger partial charge >= 0.3 is 0 Å². The van der Waals surface area contributed by atoms with Crippen LogP contribution in [0.2, 0.25) is 0 Å². The summed E-state index contributed by atoms with van der Waals surface area (Å²) in [6.07, 6.45) is 6.65. The molecule has 0 aromatic carbocycles. The molecule has 2 fully saturated rings. The van der Waals surface area contributed by atoms with Crippen LogP contribution in [0.15, 0.2) is 17.3 Å². The average Bonchev–Trinajstić information content (AvgIpc) is 3.42. The molecule has 0 radical (unpaired) electrons. The zero-order valence-corrected chi connectivity index (χ0v) is 21.2. The fourth-order valence-electron chi connectivity index (χ4n) is 5.49. The summed E-state index contributed by atoms with van der Waals surface area (Å²) >= 11 is 7.99. The van der Waals surface area contributed by atoms with Gasteiger partial charge in [0.15, 0.2) is 0 Å². The number of rotatable bonds is 6. The number of nitrogens with zero attached hydrogens (tertiary/aromatic N) is 4. The van der Waals surface area contributed by atoms with Crippen molar-refractivity contribution in [2.75, 3.05) is 50.8 Å². The highest BCUT2D eigenvalue weighted by Gasteiger charge is 2.36. The zero-order chi connectivity index (χ0) is 23.7. The van der Waals surface area contributed by atoms with E-state index in [0.29, 0.717) is 32.1 Å². The first-order valence-corrected chi connectivity index (χ1v) is 13.7. The Morgan fingerprint density at radius 1 is 1.29 bits per heavy atom. The van der Waals surface area contributed by atoms with Gasteiger partial charge in [-0.25, -0.2) is 9.97 Å². The topological polar surface area (TPSA) is 90.8 Å². The van der Waals surface area contributed by atoms with E-state index in [2.05, 4.69) is 33.2 Å². The summed E-state index contributed by atoms with van der Waals surface area (Å²) < 4.78 is 5.49. The van der Waals surface area contributed by atoms with Gasteiger partial charge in [-0.3, -0.25) is 4.79 Å². The van der Waals surface area contributed by atoms with Gasteiger partial charge in [0.25, 0.3) is 0 Å². The molecule has 2 N–H and O–H groups in total. The normalized spacial score (nSPS) is 28.7. The molecule has 1 aliphatic carbocycles. The van der Waals surface area contributed by atoms with Gasteiger partial charge in [0.1, 0.15) is 12.1 Å². The summed E-state index contributed by atoms with van der Waals surface area (Å²) in [5, 5.41) is 14.0. The monoisotopic (exact) mass is 507 g/mol. The predicted molar refractivity (Wildman–Crippen MR) is 134 cm³/mol. The lowest BCUT2D eigenvalue weighted by molar-refractivity contribution is -0.134. The number of amides is 1. The van der Waals surface area contributed by atoms with Crippen molar-refractivity contribution in [1.29, 1.82) is 0 Å². The van der Waals surface area contributed by atoms with Gasteiger partial charge < -0.3 is 25.0 Å². The molecule has 4 atom stereocenters. The van der Waals surface area contributed by atoms with Gasteiger partial charge in [-0.05, 0) is 36.5 Å². The molecular weight excluding hydrogens is 474 g/mol. The molecule has 10 heteroatoms. The van der Waals surface area contributed by atoms with E-state index in [4.69, 9.17) is 16.3 Å². The third-order valence-electron chi connectivity index (χ3n) is 7.41. The second-order valence-electron chi connectivity index (χ2n) is 9.68. The van der Waals surface area contributed by atoms with Crippen molar-refractivity contribution in [1.82, 2.24) is 20.2 Å². The van der Waals surface area contributed by atoms with Crippen LogP contribution >= 0.6 is 23.4 Å². The Morgan fingerprint density at radius 2 is 2.06 bits per heavy atom. The van der Waals surface area contributed by atoms with E-state index < -0.39 is 6.10 Å². The maximum atomic E-state index is 13.7. The van der Waals surface area contributed by atoms with Crippen LogP contribution in [0.25, 0.3) is 0 Å². The predicted octanol–water partition coefficient (Wildman–Crippen LogP) is 2.64. The lowest BCUT2D eigenvalue weighted by Gasteiger charge is -2.38. The van der Waals surface area contributed by atoms with Gasteiger partial charge in [0.2, 0.25) is 5.91 Å². The lowest BCUT2D eigenvalue weighted by atomic mass is 10.0. The molecule has 0 bridgehead atoms. The molecular formula is C24H34ClN5O3S. The van der Waals surface area contributed by atoms with Gasteiger partial charge in [0, 0.05) is 57.5 Å². The number of aliphatic hydroxyl groups excluding tert-OH is 1. The van der Waals surface area contributed by atoms with Gasteiger partial charge in [0.05, 0.1) is 22.4 Å². The quantitative estimate of drug-likeness (QED) is 0.568. The van der Waals surface area contributed by atoms with E-state index in [9.17, 15) is 9.90 Å². The summed E-state index contributed by atoms with van der Waals surface area (Å²) in [6.45, 7) is 7.08. The number of carbonyl (C=O) groups is 1. The molecule has 2 saturated heterocycles. The number of aliphatic hydroxyl groups is 1. The summed E-state index contributed by atoms with van der Waals surface area (Å²) in [4.78, 5) is 27.9. The van der Waals surface area contributed by atoms with Crippen molar-refractivity contribution in [3.8, 4) is 0 Å². The third-order valence-corrected chi connectivity index (χ3v) is 9.03. The molecule has 3 aliphatic heterocycles. The van der Waals surface area contributed by atoms with Crippen molar-refractivity contribution >= 4 is 35.1 Å². The molecule has 4 aliphatic rings. The number of alkyl halides is 1. The summed E-state index contributed by atoms with van der Waals surface area (Å²) in [6, 6.07) is 0.400. The van der Waals surface area contributed by atoms with E-state index in [1.54, 1.807) is 18.1 Å². The molecule has 8 nitrogen and oxygen atoms in total. The number of piperazine rings is 1. The number of hydrogen-bond donors (Lipinski definition) is 2. The number of nitrogens with one attached hydrogen (secondary N) is 1. The number of allylic oxidation sites excluding steroid dienone is 1. The van der Waals surface area contributed by atoms with Crippen molar-refractivity contribution in [2.45, 2.75) is 55.4 Å². The van der Waals surface area contributed by atoms with Gasteiger partial charge in [-0.2, -0.15) is 0 Å². The Balaban J connectivity index is 1.24. The van der Waals surface area contributed by atoms with Crippen LogP contribution in [0.4, 0.5) is 5.82 Å². The Hall–Kier alpha value is -1.39. The first-order chi connectivity index (χ1) is 16.5. The number of aromatic nitrogens is 2. The fourth-order valence-corrected chi connectivity index (χ4v) is 6.91. The zero-order valence-electron chi connectivity index (χ0n) is 19.7. The molecule has 1 amide bonds. The molecule has 186 valence electrons. The number of thioether (sulfide) groups is 1. The first kappa shape index (κ1) is 24.3. The van der Waals surface area contributed by atoms with Crippen LogP contribution in [0, 0.1) is 5.92 Å². The first-order valence-electron chi connectivity index (χ1n) is 12.4. The van der Waals surface area contributed by atoms with Crippen LogP contribution in [-0.2, 0) is 9.53 Å². The summed E-state index contributed by atoms with van der Waals surface area (Å²) in [7, 11) is 0. The molecule has 1 aromatic heterocycles. The number of fused-ring (bicyclic) bond motifs is 1. The lowest BCUT2D eigenvalue weighted by Crippen LogP contribution is -2.52. The van der Waals surface area contributed by atoms with E-state index >= 15 is 0 Å². The van der Waals surface area contributed by atoms with E-state index in [-0.39, 0.29) is 22.5 Å². The standard InChI is InChI=1S/C24H34ClN5O3S/c1-15-12-18(31)22-21(15)23(28-14-27-22)29-6-8-30(9-7-29)24(32)17(19-2-3-20(25)34-19)13-26-16-4-10-33-11-5-16/h2,14-18,20,26,31H,3-13H2,1H3/t15-,17-,18-,20?/m1/s1. The molecule has 4 heterocycles. The number of carbonyl (C=O) groups excluding carboxylic acids is 1. The molecule has 34 heavy (non-hydrogen) atoms. The highest BCUT2D eigenvalue weighted by molar-refractivity contribution is 8.05. The minimum absolute atomic E-state index is 0.0161. The largest absolute Gasteiger partial charge is 0.387 e. The molecule has 1 unspecified atom stereocenters. The van der Waals surface area contributed by atoms with Crippen LogP contribution < -0.4 is 10.2 Å². The minimum atomic E-state index is -0.512. The van der Waals surface area contributed by atoms with Crippen molar-refractivity contribution in [3.05, 3.63) is 28.6 Å². The second kappa shape index (κ2) is 10.7. The fraction of sp³-hybridized carbons (Fsp3) is 0.708. The average molecular weight is 508 g/mol. The number of ether oxygens (including phenoxy) is 1. The summed E-state index contributed by atoms with van der Waals surface area (Å²) in [5.74, 6) is 1.14. The van der Waals surface area contributed by atoms with Crippen LogP contribution in [0.3, 0.4) is 0 Å². The molecule has 0 spiro atoms. The van der Waals surface area contributed by atoms with Crippen molar-refractivity contribution in [3.63, 3.8) is 0 Å². The summed E-state index contributed by atoms with van der Waals surface area (Å²) in [5.41, 5.74) is 1.82. The smallest absolute Gasteiger partial charge is 0.232 e. The van der Waals surface area contributed by atoms with Gasteiger partial charge in [-0.15, -0.1) is 23.4 Å². The molecule has 5 rings (SSSR count). The van der Waals surface area contributed by atoms with Crippen LogP contribution in [0.1, 0.15) is 55.9 Å². The SMILES string of the molecule is C[C@@H]1C[C@@H](O)c2ncnc(N3CCN(C(=O)[C@H](CNC4CCOCC4)C4=CCC(Cl)S4)CC3)c21. The number of hydrogen-bond acceptors (Lipinski definition) is 8. The van der Waals surface area contributed by atoms with Crippen molar-refractivity contribution < 1.29 is 14.6 Å². The Bertz CT molecular complexity index is 920. The highest BCUT2D eigenvalue weighted by atomic mass is 35.5. The Labute approximate surface area is 210 Å².